The van der Waals surface area contributed by atoms with Crippen molar-refractivity contribution in [1.29, 1.82) is 10.5 Å². The number of carbonyl (C=O) groups is 8. The van der Waals surface area contributed by atoms with Crippen LogP contribution in [0.4, 0.5) is 0 Å². The van der Waals surface area contributed by atoms with Crippen molar-refractivity contribution in [2.45, 2.75) is 285 Å². The van der Waals surface area contributed by atoms with E-state index in [1.165, 1.54) is 19.6 Å². The molecule has 8 amide bonds. The van der Waals surface area contributed by atoms with Crippen molar-refractivity contribution in [2.24, 2.45) is 0 Å². The van der Waals surface area contributed by atoms with E-state index in [2.05, 4.69) is 67.5 Å². The number of rotatable bonds is 37. The lowest BCUT2D eigenvalue weighted by molar-refractivity contribution is 0.0501. The molecule has 0 atom stereocenters. The topological polar surface area (TPSA) is 197 Å². The van der Waals surface area contributed by atoms with Gasteiger partial charge in [0.25, 0.3) is 47.3 Å². The predicted octanol–water partition coefficient (Wildman–Crippen LogP) is 23.7. The average Bonchev–Trinajstić information content (AvgIpc) is 0.673. The Kier molecular flexibility index (Phi) is 22.2. The lowest BCUT2D eigenvalue weighted by Crippen LogP contribution is -2.47. The van der Waals surface area contributed by atoms with Crippen LogP contribution < -0.4 is 0 Å². The van der Waals surface area contributed by atoms with Gasteiger partial charge in [0.2, 0.25) is 0 Å². The van der Waals surface area contributed by atoms with Crippen molar-refractivity contribution < 1.29 is 38.4 Å². The minimum Gasteiger partial charge on any atom is -0.271 e. The molecule has 14 heteroatoms. The van der Waals surface area contributed by atoms with Crippen LogP contribution in [-0.2, 0) is 0 Å². The van der Waals surface area contributed by atoms with Crippen LogP contribution in [0.5, 0.6) is 0 Å². The number of amides is 8. The molecule has 10 aromatic rings. The Bertz CT molecular complexity index is 4980. The van der Waals surface area contributed by atoms with E-state index in [-0.39, 0.29) is 45.5 Å². The number of benzene rings is 10. The van der Waals surface area contributed by atoms with E-state index < -0.39 is 59.3 Å². The lowest BCUT2D eigenvalue weighted by Gasteiger charge is -2.37. The Morgan fingerprint density at radius 2 is 0.435 bits per heavy atom. The number of hydrogen-bond donors (Lipinski definition) is 0. The second-order valence-corrected chi connectivity index (χ2v) is 31.8. The summed E-state index contributed by atoms with van der Waals surface area (Å²) in [6, 6.07) is 25.2. The number of nitriles is 2. The summed E-state index contributed by atoms with van der Waals surface area (Å²) in [5, 5.41) is 31.5. The number of nitrogens with zero attached hydrogens (tertiary/aromatic N) is 6. The maximum atomic E-state index is 16.7. The van der Waals surface area contributed by atoms with Crippen molar-refractivity contribution in [3.63, 3.8) is 0 Å². The Balaban J connectivity index is 1.15. The minimum absolute atomic E-state index is 0.156. The van der Waals surface area contributed by atoms with Crippen LogP contribution in [0.3, 0.4) is 0 Å². The molecule has 0 bridgehead atoms. The molecule has 0 spiro atoms. The average molecular weight is 1450 g/mol. The van der Waals surface area contributed by atoms with Gasteiger partial charge >= 0.3 is 0 Å². The number of imide groups is 4. The van der Waals surface area contributed by atoms with Crippen LogP contribution in [-0.4, -0.2) is 91.0 Å². The van der Waals surface area contributed by atoms with E-state index >= 15 is 38.4 Å². The van der Waals surface area contributed by atoms with Gasteiger partial charge in [-0.1, -0.05) is 234 Å². The SMILES string of the molecule is CCCCCC(CCCCC)N1C(=O)c2ccc3c4c(C#N)cc5c6c(cc(-c7cc8c9c(cc(C#N)c%10c%11ccc%12c%13c(ccc(c7c9%10)c%13%11)C(=O)N(C(CCCCC)CCCCC)C%12=O)C(=O)N(C(CCCCC)CCCCC)C8=O)c(c7ccc(c2c37)C1=O)c64)C(=O)N(C(CCCCC)CCCCC)C5=O. The van der Waals surface area contributed by atoms with E-state index in [9.17, 15) is 10.5 Å². The van der Waals surface area contributed by atoms with Gasteiger partial charge in [-0.3, -0.25) is 58.0 Å². The number of hydrogen-bond acceptors (Lipinski definition) is 10. The largest absolute Gasteiger partial charge is 0.271 e. The summed E-state index contributed by atoms with van der Waals surface area (Å²) < 4.78 is 0. The highest BCUT2D eigenvalue weighted by molar-refractivity contribution is 6.47. The molecule has 0 aromatic heterocycles. The van der Waals surface area contributed by atoms with Crippen molar-refractivity contribution in [1.82, 2.24) is 19.6 Å². The molecular weight excluding hydrogens is 1340 g/mol. The molecule has 0 N–H and O–H groups in total. The fourth-order valence-electron chi connectivity index (χ4n) is 19.6. The van der Waals surface area contributed by atoms with E-state index in [0.29, 0.717) is 171 Å². The third-order valence-corrected chi connectivity index (χ3v) is 24.9. The zero-order valence-corrected chi connectivity index (χ0v) is 64.8. The standard InChI is InChI=1S/C94H104N6O8/c1-9-17-25-33-57(34-26-18-10-2)97-87(101)65-45-41-61-75-55(53-95)49-71-83-73(93(107)99(91(71)105)59(37-29-21-13-5)38-30-22-14-6)51-69(79(85(75)83)63-43-47-67(89(97)103)81(65)77(61)63)70-52-74-84-72(92(106)100(94(74)108)60(39-31-23-15-7)40-32-24-16-8)50-56(54-96)76-62-42-46-66-82-68(48-44-64(78(62)82)80(70)86(76)84)90(104)98(88(66)102)58(35-27-19-11-3)36-28-20-12-4/h41-52,57-60H,9-40H2,1-8H3. The first-order valence-corrected chi connectivity index (χ1v) is 41.5. The zero-order chi connectivity index (χ0) is 75.9. The summed E-state index contributed by atoms with van der Waals surface area (Å²) in [4.78, 5) is 134. The quantitative estimate of drug-likeness (QED) is 0.0156. The highest BCUT2D eigenvalue weighted by Gasteiger charge is 2.46. The second kappa shape index (κ2) is 31.9. The smallest absolute Gasteiger partial charge is 0.261 e. The van der Waals surface area contributed by atoms with E-state index in [0.717, 1.165) is 154 Å². The Morgan fingerprint density at radius 1 is 0.231 bits per heavy atom. The first-order chi connectivity index (χ1) is 52.6. The Morgan fingerprint density at radius 3 is 0.657 bits per heavy atom. The van der Waals surface area contributed by atoms with Gasteiger partial charge in [0.1, 0.15) is 0 Å². The van der Waals surface area contributed by atoms with Crippen LogP contribution in [0.1, 0.15) is 355 Å². The van der Waals surface area contributed by atoms with Gasteiger partial charge in [-0.15, -0.1) is 0 Å². The molecule has 0 aliphatic carbocycles. The van der Waals surface area contributed by atoms with Crippen LogP contribution in [0.25, 0.3) is 97.3 Å². The maximum absolute atomic E-state index is 16.7. The van der Waals surface area contributed by atoms with Crippen molar-refractivity contribution >= 4 is 133 Å². The van der Waals surface area contributed by atoms with Gasteiger partial charge in [-0.2, -0.15) is 10.5 Å². The Labute approximate surface area is 635 Å². The first-order valence-electron chi connectivity index (χ1n) is 41.5. The Hall–Kier alpha value is -9.66. The molecule has 558 valence electrons. The van der Waals surface area contributed by atoms with Crippen LogP contribution >= 0.6 is 0 Å². The van der Waals surface area contributed by atoms with Crippen molar-refractivity contribution in [3.05, 3.63) is 128 Å². The second-order valence-electron chi connectivity index (χ2n) is 31.8. The molecule has 0 saturated carbocycles. The predicted molar refractivity (Wildman–Crippen MR) is 434 cm³/mol. The van der Waals surface area contributed by atoms with Crippen molar-refractivity contribution in [2.75, 3.05) is 0 Å². The maximum Gasteiger partial charge on any atom is 0.261 e. The van der Waals surface area contributed by atoms with Gasteiger partial charge in [-0.25, -0.2) is 0 Å². The van der Waals surface area contributed by atoms with Gasteiger partial charge in [0.15, 0.2) is 0 Å². The summed E-state index contributed by atoms with van der Waals surface area (Å²) in [6.45, 7) is 17.1. The van der Waals surface area contributed by atoms with E-state index in [4.69, 9.17) is 0 Å². The zero-order valence-electron chi connectivity index (χ0n) is 64.8. The fraction of sp³-hybridized carbons (Fsp3) is 0.468. The number of fused-ring (bicyclic) bond motifs is 4. The van der Waals surface area contributed by atoms with Gasteiger partial charge in [-0.05, 0) is 154 Å². The van der Waals surface area contributed by atoms with E-state index in [1.54, 1.807) is 24.3 Å². The monoisotopic (exact) mass is 1440 g/mol. The first kappa shape index (κ1) is 75.2. The minimum atomic E-state index is -0.498. The molecule has 0 radical (unpaired) electrons. The lowest BCUT2D eigenvalue weighted by atomic mass is 9.75. The van der Waals surface area contributed by atoms with Crippen LogP contribution in [0.2, 0.25) is 0 Å². The summed E-state index contributed by atoms with van der Waals surface area (Å²) in [7, 11) is 0. The molecule has 4 heterocycles. The summed E-state index contributed by atoms with van der Waals surface area (Å²) in [6.07, 6.45) is 26.5. The van der Waals surface area contributed by atoms with Crippen LogP contribution in [0.15, 0.2) is 72.8 Å². The highest BCUT2D eigenvalue weighted by atomic mass is 16.2. The summed E-state index contributed by atoms with van der Waals surface area (Å²) >= 11 is 0. The normalized spacial score (nSPS) is 14.6. The van der Waals surface area contributed by atoms with Gasteiger partial charge in [0, 0.05) is 101 Å². The molecule has 0 fully saturated rings. The summed E-state index contributed by atoms with van der Waals surface area (Å²) in [5.41, 5.74) is 3.37. The molecule has 14 rings (SSSR count). The summed E-state index contributed by atoms with van der Waals surface area (Å²) in [5.74, 6) is -3.57. The molecule has 0 unspecified atom stereocenters. The molecular formula is C94H104N6O8. The van der Waals surface area contributed by atoms with Crippen molar-refractivity contribution in [3.8, 4) is 23.3 Å². The third kappa shape index (κ3) is 12.3. The van der Waals surface area contributed by atoms with Crippen LogP contribution in [0, 0.1) is 22.7 Å². The number of unbranched alkanes of at least 4 members (excludes halogenated alkanes) is 16. The highest BCUT2D eigenvalue weighted by Crippen LogP contribution is 2.56. The molecule has 4 aliphatic heterocycles. The van der Waals surface area contributed by atoms with Gasteiger partial charge < -0.3 is 0 Å². The number of carbonyl (C=O) groups excluding carboxylic acids is 8. The molecule has 10 aromatic carbocycles. The fourth-order valence-corrected chi connectivity index (χ4v) is 19.6. The third-order valence-electron chi connectivity index (χ3n) is 24.9. The van der Waals surface area contributed by atoms with E-state index in [1.807, 2.05) is 48.5 Å². The molecule has 108 heavy (non-hydrogen) atoms. The molecule has 14 nitrogen and oxygen atoms in total. The van der Waals surface area contributed by atoms with Gasteiger partial charge in [0.05, 0.1) is 34.4 Å². The molecule has 4 aliphatic rings. The molecule has 0 saturated heterocycles.